The van der Waals surface area contributed by atoms with Crippen molar-refractivity contribution in [3.05, 3.63) is 89.2 Å². The third kappa shape index (κ3) is 4.80. The fraction of sp³-hybridized carbons (Fsp3) is 0.115. The summed E-state index contributed by atoms with van der Waals surface area (Å²) in [6.45, 7) is 1.93. The molecule has 0 aliphatic heterocycles. The van der Waals surface area contributed by atoms with Gasteiger partial charge in [-0.1, -0.05) is 12.1 Å². The van der Waals surface area contributed by atoms with Crippen LogP contribution in [0.25, 0.3) is 27.3 Å². The lowest BCUT2D eigenvalue weighted by Crippen LogP contribution is -2.18. The topological polar surface area (TPSA) is 102 Å². The van der Waals surface area contributed by atoms with Gasteiger partial charge in [-0.15, -0.1) is 11.3 Å². The van der Waals surface area contributed by atoms with Crippen molar-refractivity contribution in [3.8, 4) is 17.1 Å². The molecule has 2 amide bonds. The van der Waals surface area contributed by atoms with Crippen LogP contribution in [0, 0.1) is 6.92 Å². The van der Waals surface area contributed by atoms with Gasteiger partial charge in [0, 0.05) is 29.6 Å². The number of aromatic nitrogens is 4. The summed E-state index contributed by atoms with van der Waals surface area (Å²) in [5, 5.41) is 10.2. The van der Waals surface area contributed by atoms with E-state index in [1.165, 1.54) is 0 Å². The fourth-order valence-corrected chi connectivity index (χ4v) is 4.49. The maximum absolute atomic E-state index is 12.8. The average Bonchev–Trinajstić information content (AvgIpc) is 3.50. The molecule has 35 heavy (non-hydrogen) atoms. The van der Waals surface area contributed by atoms with Gasteiger partial charge in [-0.25, -0.2) is 14.6 Å². The Bertz CT molecular complexity index is 1540. The number of nitrogens with one attached hydrogen (secondary N) is 2. The smallest absolute Gasteiger partial charge is 0.251 e. The molecule has 5 aromatic rings. The first-order valence-electron chi connectivity index (χ1n) is 11.0. The molecule has 5 rings (SSSR count). The SMILES string of the molecule is CNC(=O)c1ccc(NC(=O)Cc2cc(-c3ccc4ncsc4c3)n(-c3cccc(C)n3)n2)cc1. The summed E-state index contributed by atoms with van der Waals surface area (Å²) in [6, 6.07) is 20.5. The number of thiazole rings is 1. The highest BCUT2D eigenvalue weighted by Gasteiger charge is 2.16. The fourth-order valence-electron chi connectivity index (χ4n) is 3.78. The second-order valence-electron chi connectivity index (χ2n) is 7.99. The van der Waals surface area contributed by atoms with Crippen molar-refractivity contribution >= 4 is 39.1 Å². The molecular weight excluding hydrogens is 460 g/mol. The lowest BCUT2D eigenvalue weighted by Gasteiger charge is -2.07. The monoisotopic (exact) mass is 482 g/mol. The Balaban J connectivity index is 1.43. The molecule has 2 N–H and O–H groups in total. The van der Waals surface area contributed by atoms with Crippen molar-refractivity contribution < 1.29 is 9.59 Å². The summed E-state index contributed by atoms with van der Waals surface area (Å²) in [5.41, 5.74) is 7.21. The molecule has 0 aliphatic rings. The van der Waals surface area contributed by atoms with Crippen LogP contribution < -0.4 is 10.6 Å². The number of carbonyl (C=O) groups excluding carboxylic acids is 2. The number of nitrogens with zero attached hydrogens (tertiary/aromatic N) is 4. The second-order valence-corrected chi connectivity index (χ2v) is 8.87. The minimum atomic E-state index is -0.205. The van der Waals surface area contributed by atoms with Gasteiger partial charge in [0.2, 0.25) is 5.91 Å². The summed E-state index contributed by atoms with van der Waals surface area (Å²) in [7, 11) is 1.58. The molecule has 3 heterocycles. The van der Waals surface area contributed by atoms with E-state index in [9.17, 15) is 9.59 Å². The largest absolute Gasteiger partial charge is 0.355 e. The molecule has 0 radical (unpaired) electrons. The van der Waals surface area contributed by atoms with Crippen LogP contribution in [-0.4, -0.2) is 38.6 Å². The van der Waals surface area contributed by atoms with E-state index in [1.54, 1.807) is 47.3 Å². The standard InChI is InChI=1S/C26H22N6O2S/c1-16-4-3-5-24(29-16)32-22(18-8-11-21-23(12-18)35-15-28-21)13-20(31-32)14-25(33)30-19-9-6-17(7-10-19)26(34)27-2/h3-13,15H,14H2,1-2H3,(H,27,34)(H,30,33). The highest BCUT2D eigenvalue weighted by atomic mass is 32.1. The Morgan fingerprint density at radius 3 is 2.63 bits per heavy atom. The third-order valence-electron chi connectivity index (χ3n) is 5.48. The van der Waals surface area contributed by atoms with E-state index in [0.29, 0.717) is 22.8 Å². The number of fused-ring (bicyclic) bond motifs is 1. The average molecular weight is 483 g/mol. The molecule has 0 bridgehead atoms. The second kappa shape index (κ2) is 9.47. The number of pyridine rings is 1. The van der Waals surface area contributed by atoms with Crippen LogP contribution in [0.4, 0.5) is 5.69 Å². The first kappa shape index (κ1) is 22.4. The molecule has 0 spiro atoms. The molecule has 0 saturated carbocycles. The Hall–Kier alpha value is -4.37. The van der Waals surface area contributed by atoms with Crippen LogP contribution in [0.2, 0.25) is 0 Å². The van der Waals surface area contributed by atoms with Gasteiger partial charge in [-0.3, -0.25) is 9.59 Å². The number of anilines is 1. The molecule has 174 valence electrons. The van der Waals surface area contributed by atoms with Crippen molar-refractivity contribution in [2.24, 2.45) is 0 Å². The molecule has 0 fully saturated rings. The van der Waals surface area contributed by atoms with Gasteiger partial charge in [-0.2, -0.15) is 5.10 Å². The van der Waals surface area contributed by atoms with E-state index in [-0.39, 0.29) is 18.2 Å². The van der Waals surface area contributed by atoms with Gasteiger partial charge in [0.1, 0.15) is 0 Å². The normalized spacial score (nSPS) is 10.9. The van der Waals surface area contributed by atoms with Crippen LogP contribution in [0.15, 0.2) is 72.2 Å². The molecule has 9 heteroatoms. The van der Waals surface area contributed by atoms with E-state index in [0.717, 1.165) is 27.2 Å². The highest BCUT2D eigenvalue weighted by molar-refractivity contribution is 7.16. The first-order valence-corrected chi connectivity index (χ1v) is 11.9. The lowest BCUT2D eigenvalue weighted by atomic mass is 10.1. The van der Waals surface area contributed by atoms with Crippen LogP contribution in [0.5, 0.6) is 0 Å². The Morgan fingerprint density at radius 2 is 1.86 bits per heavy atom. The Kier molecular flexibility index (Phi) is 6.07. The zero-order chi connectivity index (χ0) is 24.4. The number of carbonyl (C=O) groups is 2. The molecule has 0 atom stereocenters. The van der Waals surface area contributed by atoms with Crippen LogP contribution >= 0.6 is 11.3 Å². The van der Waals surface area contributed by atoms with E-state index in [1.807, 2.05) is 48.8 Å². The Labute approximate surface area is 205 Å². The quantitative estimate of drug-likeness (QED) is 0.374. The minimum Gasteiger partial charge on any atom is -0.355 e. The summed E-state index contributed by atoms with van der Waals surface area (Å²) >= 11 is 1.58. The first-order chi connectivity index (χ1) is 17.0. The zero-order valence-corrected chi connectivity index (χ0v) is 20.0. The molecule has 0 saturated heterocycles. The number of aryl methyl sites for hydroxylation is 1. The van der Waals surface area contributed by atoms with Crippen LogP contribution in [-0.2, 0) is 11.2 Å². The minimum absolute atomic E-state index is 0.0891. The molecule has 8 nitrogen and oxygen atoms in total. The van der Waals surface area contributed by atoms with Crippen molar-refractivity contribution in [1.29, 1.82) is 0 Å². The van der Waals surface area contributed by atoms with E-state index in [2.05, 4.69) is 26.7 Å². The van der Waals surface area contributed by atoms with E-state index >= 15 is 0 Å². The number of amides is 2. The Morgan fingerprint density at radius 1 is 1.03 bits per heavy atom. The molecular formula is C26H22N6O2S. The van der Waals surface area contributed by atoms with E-state index in [4.69, 9.17) is 5.10 Å². The van der Waals surface area contributed by atoms with Crippen molar-refractivity contribution in [3.63, 3.8) is 0 Å². The molecule has 0 unspecified atom stereocenters. The summed E-state index contributed by atoms with van der Waals surface area (Å²) < 4.78 is 2.85. The summed E-state index contributed by atoms with van der Waals surface area (Å²) in [5.74, 6) is 0.298. The summed E-state index contributed by atoms with van der Waals surface area (Å²) in [6.07, 6.45) is 0.0891. The van der Waals surface area contributed by atoms with Crippen molar-refractivity contribution in [1.82, 2.24) is 25.1 Å². The molecule has 0 aliphatic carbocycles. The van der Waals surface area contributed by atoms with Gasteiger partial charge in [-0.05, 0) is 61.5 Å². The predicted molar refractivity (Wildman–Crippen MR) is 137 cm³/mol. The molecule has 3 aromatic heterocycles. The number of benzene rings is 2. The van der Waals surface area contributed by atoms with E-state index < -0.39 is 0 Å². The van der Waals surface area contributed by atoms with Crippen LogP contribution in [0.3, 0.4) is 0 Å². The van der Waals surface area contributed by atoms with Crippen LogP contribution in [0.1, 0.15) is 21.7 Å². The lowest BCUT2D eigenvalue weighted by molar-refractivity contribution is -0.115. The number of hydrogen-bond acceptors (Lipinski definition) is 6. The van der Waals surface area contributed by atoms with Crippen molar-refractivity contribution in [2.75, 3.05) is 12.4 Å². The third-order valence-corrected chi connectivity index (χ3v) is 6.27. The maximum atomic E-state index is 12.8. The van der Waals surface area contributed by atoms with Crippen molar-refractivity contribution in [2.45, 2.75) is 13.3 Å². The zero-order valence-electron chi connectivity index (χ0n) is 19.1. The maximum Gasteiger partial charge on any atom is 0.251 e. The highest BCUT2D eigenvalue weighted by Crippen LogP contribution is 2.28. The van der Waals surface area contributed by atoms with Gasteiger partial charge < -0.3 is 10.6 Å². The van der Waals surface area contributed by atoms with Gasteiger partial charge in [0.25, 0.3) is 5.91 Å². The predicted octanol–water partition coefficient (Wildman–Crippen LogP) is 4.39. The van der Waals surface area contributed by atoms with Gasteiger partial charge >= 0.3 is 0 Å². The van der Waals surface area contributed by atoms with Gasteiger partial charge in [0.15, 0.2) is 5.82 Å². The summed E-state index contributed by atoms with van der Waals surface area (Å²) in [4.78, 5) is 33.5. The van der Waals surface area contributed by atoms with Gasteiger partial charge in [0.05, 0.1) is 33.5 Å². The molecule has 2 aromatic carbocycles. The number of rotatable bonds is 6. The number of hydrogen-bond donors (Lipinski definition) is 2.